The van der Waals surface area contributed by atoms with Gasteiger partial charge >= 0.3 is 0 Å². The third-order valence-corrected chi connectivity index (χ3v) is 2.35. The Labute approximate surface area is 92.3 Å². The Balaban J connectivity index is 2.71. The van der Waals surface area contributed by atoms with Crippen molar-refractivity contribution in [3.05, 3.63) is 18.2 Å². The number of aromatic nitrogens is 1. The largest absolute Gasteiger partial charge is 0.373 e. The summed E-state index contributed by atoms with van der Waals surface area (Å²) >= 11 is 0. The van der Waals surface area contributed by atoms with Crippen LogP contribution < -0.4 is 10.6 Å². The average molecular weight is 207 g/mol. The first-order valence-electron chi connectivity index (χ1n) is 5.50. The molecule has 84 valence electrons. The second-order valence-electron chi connectivity index (χ2n) is 4.42. The molecule has 0 aliphatic rings. The van der Waals surface area contributed by atoms with Gasteiger partial charge in [-0.15, -0.1) is 0 Å². The molecule has 0 aliphatic carbocycles. The number of rotatable bonds is 5. The summed E-state index contributed by atoms with van der Waals surface area (Å²) in [5.74, 6) is 1.83. The SMILES string of the molecule is CCCC(C)(C)Nc1cccc(NC)n1. The Morgan fingerprint density at radius 3 is 2.53 bits per heavy atom. The number of nitrogens with one attached hydrogen (secondary N) is 2. The van der Waals surface area contributed by atoms with Gasteiger partial charge in [0.05, 0.1) is 0 Å². The summed E-state index contributed by atoms with van der Waals surface area (Å²) in [6.45, 7) is 6.59. The first kappa shape index (κ1) is 11.8. The molecule has 0 bridgehead atoms. The molecule has 0 saturated heterocycles. The lowest BCUT2D eigenvalue weighted by Gasteiger charge is -2.26. The molecule has 0 spiro atoms. The highest BCUT2D eigenvalue weighted by Gasteiger charge is 2.16. The van der Waals surface area contributed by atoms with Gasteiger partial charge in [0.1, 0.15) is 11.6 Å². The molecule has 0 aliphatic heterocycles. The van der Waals surface area contributed by atoms with Crippen LogP contribution in [0.1, 0.15) is 33.6 Å². The van der Waals surface area contributed by atoms with Crippen molar-refractivity contribution in [3.63, 3.8) is 0 Å². The van der Waals surface area contributed by atoms with Crippen molar-refractivity contribution < 1.29 is 0 Å². The van der Waals surface area contributed by atoms with E-state index in [2.05, 4.69) is 36.4 Å². The zero-order valence-electron chi connectivity index (χ0n) is 10.1. The number of pyridine rings is 1. The molecule has 1 rings (SSSR count). The van der Waals surface area contributed by atoms with Crippen molar-refractivity contribution in [1.29, 1.82) is 0 Å². The van der Waals surface area contributed by atoms with Gasteiger partial charge in [0.25, 0.3) is 0 Å². The topological polar surface area (TPSA) is 37.0 Å². The van der Waals surface area contributed by atoms with E-state index < -0.39 is 0 Å². The third-order valence-electron chi connectivity index (χ3n) is 2.35. The lowest BCUT2D eigenvalue weighted by molar-refractivity contribution is 0.509. The van der Waals surface area contributed by atoms with Gasteiger partial charge in [0.2, 0.25) is 0 Å². The fraction of sp³-hybridized carbons (Fsp3) is 0.583. The summed E-state index contributed by atoms with van der Waals surface area (Å²) in [6, 6.07) is 5.96. The average Bonchev–Trinajstić information content (AvgIpc) is 2.17. The van der Waals surface area contributed by atoms with Crippen molar-refractivity contribution in [2.24, 2.45) is 0 Å². The van der Waals surface area contributed by atoms with E-state index in [1.165, 1.54) is 6.42 Å². The second kappa shape index (κ2) is 5.01. The van der Waals surface area contributed by atoms with Crippen molar-refractivity contribution in [3.8, 4) is 0 Å². The van der Waals surface area contributed by atoms with E-state index in [-0.39, 0.29) is 5.54 Å². The first-order chi connectivity index (χ1) is 7.07. The standard InChI is InChI=1S/C12H21N3/c1-5-9-12(2,3)15-11-8-6-7-10(13-4)14-11/h6-8H,5,9H2,1-4H3,(H2,13,14,15). The molecule has 0 radical (unpaired) electrons. The van der Waals surface area contributed by atoms with E-state index in [0.29, 0.717) is 0 Å². The summed E-state index contributed by atoms with van der Waals surface area (Å²) in [5.41, 5.74) is 0.105. The summed E-state index contributed by atoms with van der Waals surface area (Å²) in [7, 11) is 1.88. The predicted molar refractivity (Wildman–Crippen MR) is 66.4 cm³/mol. The van der Waals surface area contributed by atoms with E-state index >= 15 is 0 Å². The summed E-state index contributed by atoms with van der Waals surface area (Å²) in [5, 5.41) is 6.48. The van der Waals surface area contributed by atoms with Gasteiger partial charge in [-0.1, -0.05) is 19.4 Å². The van der Waals surface area contributed by atoms with E-state index in [0.717, 1.165) is 18.1 Å². The molecule has 0 unspecified atom stereocenters. The monoisotopic (exact) mass is 207 g/mol. The Morgan fingerprint density at radius 2 is 1.93 bits per heavy atom. The van der Waals surface area contributed by atoms with Gasteiger partial charge < -0.3 is 10.6 Å². The molecular formula is C12H21N3. The van der Waals surface area contributed by atoms with Crippen molar-refractivity contribution in [2.75, 3.05) is 17.7 Å². The number of anilines is 2. The first-order valence-corrected chi connectivity index (χ1v) is 5.50. The molecule has 0 fully saturated rings. The molecule has 3 heteroatoms. The maximum Gasteiger partial charge on any atom is 0.128 e. The summed E-state index contributed by atoms with van der Waals surface area (Å²) in [4.78, 5) is 4.44. The molecule has 2 N–H and O–H groups in total. The Bertz CT molecular complexity index is 307. The Morgan fingerprint density at radius 1 is 1.27 bits per heavy atom. The van der Waals surface area contributed by atoms with E-state index in [1.54, 1.807) is 0 Å². The van der Waals surface area contributed by atoms with E-state index in [9.17, 15) is 0 Å². The zero-order valence-corrected chi connectivity index (χ0v) is 10.1. The van der Waals surface area contributed by atoms with Crippen LogP contribution in [0.2, 0.25) is 0 Å². The minimum Gasteiger partial charge on any atom is -0.373 e. The van der Waals surface area contributed by atoms with Crippen LogP contribution in [0.5, 0.6) is 0 Å². The Hall–Kier alpha value is -1.25. The minimum absolute atomic E-state index is 0.105. The predicted octanol–water partition coefficient (Wildman–Crippen LogP) is 3.11. The highest BCUT2D eigenvalue weighted by Crippen LogP contribution is 2.18. The second-order valence-corrected chi connectivity index (χ2v) is 4.42. The van der Waals surface area contributed by atoms with Crippen molar-refractivity contribution >= 4 is 11.6 Å². The third kappa shape index (κ3) is 3.78. The smallest absolute Gasteiger partial charge is 0.128 e. The van der Waals surface area contributed by atoms with Crippen LogP contribution in [0, 0.1) is 0 Å². The van der Waals surface area contributed by atoms with Crippen LogP contribution in [0.4, 0.5) is 11.6 Å². The molecule has 1 heterocycles. The molecular weight excluding hydrogens is 186 g/mol. The van der Waals surface area contributed by atoms with Crippen LogP contribution >= 0.6 is 0 Å². The molecule has 0 saturated carbocycles. The van der Waals surface area contributed by atoms with Gasteiger partial charge in [-0.25, -0.2) is 4.98 Å². The van der Waals surface area contributed by atoms with Crippen molar-refractivity contribution in [1.82, 2.24) is 4.98 Å². The van der Waals surface area contributed by atoms with Crippen LogP contribution in [0.3, 0.4) is 0 Å². The summed E-state index contributed by atoms with van der Waals surface area (Å²) in [6.07, 6.45) is 2.31. The quantitative estimate of drug-likeness (QED) is 0.779. The van der Waals surface area contributed by atoms with Crippen LogP contribution in [-0.2, 0) is 0 Å². The molecule has 15 heavy (non-hydrogen) atoms. The molecule has 1 aromatic heterocycles. The number of hydrogen-bond donors (Lipinski definition) is 2. The lowest BCUT2D eigenvalue weighted by atomic mass is 9.99. The van der Waals surface area contributed by atoms with Gasteiger partial charge in [-0.2, -0.15) is 0 Å². The lowest BCUT2D eigenvalue weighted by Crippen LogP contribution is -2.30. The highest BCUT2D eigenvalue weighted by atomic mass is 15.1. The fourth-order valence-electron chi connectivity index (χ4n) is 1.68. The van der Waals surface area contributed by atoms with Crippen molar-refractivity contribution in [2.45, 2.75) is 39.2 Å². The zero-order chi connectivity index (χ0) is 11.3. The van der Waals surface area contributed by atoms with Gasteiger partial charge in [0.15, 0.2) is 0 Å². The molecule has 0 aromatic carbocycles. The van der Waals surface area contributed by atoms with Crippen LogP contribution in [-0.4, -0.2) is 17.6 Å². The highest BCUT2D eigenvalue weighted by molar-refractivity contribution is 5.45. The normalized spacial score (nSPS) is 11.2. The minimum atomic E-state index is 0.105. The molecule has 3 nitrogen and oxygen atoms in total. The van der Waals surface area contributed by atoms with Gasteiger partial charge in [0, 0.05) is 12.6 Å². The van der Waals surface area contributed by atoms with Crippen LogP contribution in [0.15, 0.2) is 18.2 Å². The van der Waals surface area contributed by atoms with Gasteiger partial charge in [-0.3, -0.25) is 0 Å². The molecule has 0 atom stereocenters. The molecule has 1 aromatic rings. The van der Waals surface area contributed by atoms with Gasteiger partial charge in [-0.05, 0) is 32.4 Å². The van der Waals surface area contributed by atoms with E-state index in [4.69, 9.17) is 0 Å². The maximum absolute atomic E-state index is 4.44. The molecule has 0 amide bonds. The van der Waals surface area contributed by atoms with E-state index in [1.807, 2.05) is 25.2 Å². The number of hydrogen-bond acceptors (Lipinski definition) is 3. The Kier molecular flexibility index (Phi) is 3.95. The maximum atomic E-state index is 4.44. The number of nitrogens with zero attached hydrogens (tertiary/aromatic N) is 1. The van der Waals surface area contributed by atoms with Crippen LogP contribution in [0.25, 0.3) is 0 Å². The summed E-state index contributed by atoms with van der Waals surface area (Å²) < 4.78 is 0. The fourth-order valence-corrected chi connectivity index (χ4v) is 1.68.